The number of amides is 1. The lowest BCUT2D eigenvalue weighted by atomic mass is 9.92. The average molecular weight is 262 g/mol. The third-order valence-electron chi connectivity index (χ3n) is 3.61. The first kappa shape index (κ1) is 14.0. The number of hydrogen-bond acceptors (Lipinski definition) is 4. The van der Waals surface area contributed by atoms with Gasteiger partial charge in [0.05, 0.1) is 0 Å². The van der Waals surface area contributed by atoms with E-state index >= 15 is 0 Å². The molecule has 1 atom stereocenters. The standard InChI is InChI=1S/C14H22N4O/c1-14(15,12-6-4-3-5-7-12)13(19)16-18-10-8-17(2)9-11-18/h3-7H,8-11,15H2,1-2H3,(H,16,19). The molecule has 1 amide bonds. The highest BCUT2D eigenvalue weighted by Gasteiger charge is 2.31. The normalized spacial score (nSPS) is 20.8. The average Bonchev–Trinajstić information content (AvgIpc) is 2.42. The van der Waals surface area contributed by atoms with Gasteiger partial charge in [-0.25, -0.2) is 5.01 Å². The summed E-state index contributed by atoms with van der Waals surface area (Å²) in [5, 5.41) is 1.94. The first-order chi connectivity index (χ1) is 9.00. The van der Waals surface area contributed by atoms with Crippen molar-refractivity contribution in [3.8, 4) is 0 Å². The number of piperazine rings is 1. The maximum atomic E-state index is 12.3. The Morgan fingerprint density at radius 2 is 1.79 bits per heavy atom. The lowest BCUT2D eigenvalue weighted by Crippen LogP contribution is -2.58. The minimum Gasteiger partial charge on any atom is -0.314 e. The number of benzene rings is 1. The Kier molecular flexibility index (Phi) is 4.19. The lowest BCUT2D eigenvalue weighted by molar-refractivity contribution is -0.132. The third-order valence-corrected chi connectivity index (χ3v) is 3.61. The van der Waals surface area contributed by atoms with Gasteiger partial charge in [-0.1, -0.05) is 30.3 Å². The molecule has 0 aromatic heterocycles. The van der Waals surface area contributed by atoms with Gasteiger partial charge in [0.2, 0.25) is 0 Å². The van der Waals surface area contributed by atoms with Crippen LogP contribution in [0.1, 0.15) is 12.5 Å². The van der Waals surface area contributed by atoms with Crippen LogP contribution in [0.25, 0.3) is 0 Å². The fourth-order valence-corrected chi connectivity index (χ4v) is 2.09. The van der Waals surface area contributed by atoms with Crippen molar-refractivity contribution >= 4 is 5.91 Å². The Morgan fingerprint density at radius 3 is 2.37 bits per heavy atom. The molecule has 1 aliphatic heterocycles. The van der Waals surface area contributed by atoms with E-state index in [0.29, 0.717) is 0 Å². The number of rotatable bonds is 3. The Bertz CT molecular complexity index is 424. The Balaban J connectivity index is 1.99. The van der Waals surface area contributed by atoms with Gasteiger partial charge in [-0.2, -0.15) is 0 Å². The molecule has 5 nitrogen and oxygen atoms in total. The monoisotopic (exact) mass is 262 g/mol. The molecule has 1 aromatic carbocycles. The Morgan fingerprint density at radius 1 is 1.21 bits per heavy atom. The van der Waals surface area contributed by atoms with Crippen molar-refractivity contribution in [2.75, 3.05) is 33.2 Å². The second-order valence-corrected chi connectivity index (χ2v) is 5.30. The molecule has 0 spiro atoms. The third kappa shape index (κ3) is 3.32. The van der Waals surface area contributed by atoms with Gasteiger partial charge in [-0.15, -0.1) is 0 Å². The minimum absolute atomic E-state index is 0.164. The van der Waals surface area contributed by atoms with Crippen molar-refractivity contribution in [1.82, 2.24) is 15.3 Å². The van der Waals surface area contributed by atoms with Gasteiger partial charge in [0, 0.05) is 26.2 Å². The highest BCUT2D eigenvalue weighted by atomic mass is 16.2. The van der Waals surface area contributed by atoms with Crippen LogP contribution in [0, 0.1) is 0 Å². The van der Waals surface area contributed by atoms with E-state index in [1.807, 2.05) is 35.3 Å². The van der Waals surface area contributed by atoms with Gasteiger partial charge >= 0.3 is 0 Å². The molecule has 0 bridgehead atoms. The molecule has 1 fully saturated rings. The number of likely N-dealkylation sites (N-methyl/N-ethyl adjacent to an activating group) is 1. The van der Waals surface area contributed by atoms with Crippen molar-refractivity contribution < 1.29 is 4.79 Å². The van der Waals surface area contributed by atoms with Crippen molar-refractivity contribution in [2.45, 2.75) is 12.5 Å². The van der Waals surface area contributed by atoms with E-state index in [1.54, 1.807) is 6.92 Å². The number of carbonyl (C=O) groups excluding carboxylic acids is 1. The summed E-state index contributed by atoms with van der Waals surface area (Å²) < 4.78 is 0. The molecule has 0 aliphatic carbocycles. The molecule has 1 saturated heterocycles. The van der Waals surface area contributed by atoms with Crippen LogP contribution in [0.4, 0.5) is 0 Å². The number of carbonyl (C=O) groups is 1. The SMILES string of the molecule is CN1CCN(NC(=O)C(C)(N)c2ccccc2)CC1. The number of nitrogens with one attached hydrogen (secondary N) is 1. The van der Waals surface area contributed by atoms with E-state index in [9.17, 15) is 4.79 Å². The minimum atomic E-state index is -1.01. The Labute approximate surface area is 114 Å². The molecular formula is C14H22N4O. The molecule has 3 N–H and O–H groups in total. The van der Waals surface area contributed by atoms with Crippen LogP contribution in [-0.4, -0.2) is 49.0 Å². The van der Waals surface area contributed by atoms with E-state index < -0.39 is 5.54 Å². The van der Waals surface area contributed by atoms with Gasteiger partial charge in [-0.3, -0.25) is 10.2 Å². The molecular weight excluding hydrogens is 240 g/mol. The van der Waals surface area contributed by atoms with Gasteiger partial charge in [0.1, 0.15) is 5.54 Å². The predicted molar refractivity (Wildman–Crippen MR) is 75.2 cm³/mol. The largest absolute Gasteiger partial charge is 0.314 e. The van der Waals surface area contributed by atoms with Crippen LogP contribution in [0.5, 0.6) is 0 Å². The van der Waals surface area contributed by atoms with E-state index in [1.165, 1.54) is 0 Å². The van der Waals surface area contributed by atoms with E-state index in [0.717, 1.165) is 31.7 Å². The molecule has 1 aromatic rings. The van der Waals surface area contributed by atoms with Crippen LogP contribution < -0.4 is 11.2 Å². The van der Waals surface area contributed by atoms with E-state index in [-0.39, 0.29) is 5.91 Å². The second-order valence-electron chi connectivity index (χ2n) is 5.30. The smallest absolute Gasteiger partial charge is 0.258 e. The summed E-state index contributed by atoms with van der Waals surface area (Å²) in [6.07, 6.45) is 0. The zero-order chi connectivity index (χ0) is 13.9. The van der Waals surface area contributed by atoms with Gasteiger partial charge < -0.3 is 10.6 Å². The van der Waals surface area contributed by atoms with Crippen LogP contribution in [0.3, 0.4) is 0 Å². The van der Waals surface area contributed by atoms with Crippen molar-refractivity contribution in [1.29, 1.82) is 0 Å². The second kappa shape index (κ2) is 5.69. The van der Waals surface area contributed by atoms with Gasteiger partial charge in [0.15, 0.2) is 0 Å². The summed E-state index contributed by atoms with van der Waals surface area (Å²) in [6, 6.07) is 9.46. The summed E-state index contributed by atoms with van der Waals surface area (Å²) in [6.45, 7) is 5.30. The Hall–Kier alpha value is -1.43. The summed E-state index contributed by atoms with van der Waals surface area (Å²) in [5.41, 5.74) is 8.91. The quantitative estimate of drug-likeness (QED) is 0.813. The van der Waals surface area contributed by atoms with Gasteiger partial charge in [-0.05, 0) is 19.5 Å². The van der Waals surface area contributed by atoms with Crippen molar-refractivity contribution in [2.24, 2.45) is 5.73 Å². The number of nitrogens with two attached hydrogens (primary N) is 1. The maximum absolute atomic E-state index is 12.3. The fraction of sp³-hybridized carbons (Fsp3) is 0.500. The van der Waals surface area contributed by atoms with Crippen molar-refractivity contribution in [3.63, 3.8) is 0 Å². The molecule has 0 radical (unpaired) electrons. The van der Waals surface area contributed by atoms with Crippen LogP contribution in [0.15, 0.2) is 30.3 Å². The van der Waals surface area contributed by atoms with E-state index in [2.05, 4.69) is 17.4 Å². The fourth-order valence-electron chi connectivity index (χ4n) is 2.09. The molecule has 0 saturated carbocycles. The first-order valence-corrected chi connectivity index (χ1v) is 6.59. The van der Waals surface area contributed by atoms with Crippen molar-refractivity contribution in [3.05, 3.63) is 35.9 Å². The van der Waals surface area contributed by atoms with Crippen LogP contribution >= 0.6 is 0 Å². The number of hydrazine groups is 1. The molecule has 1 unspecified atom stereocenters. The first-order valence-electron chi connectivity index (χ1n) is 6.59. The van der Waals surface area contributed by atoms with Crippen LogP contribution in [-0.2, 0) is 10.3 Å². The van der Waals surface area contributed by atoms with E-state index in [4.69, 9.17) is 5.73 Å². The molecule has 104 valence electrons. The molecule has 5 heteroatoms. The summed E-state index contributed by atoms with van der Waals surface area (Å²) >= 11 is 0. The van der Waals surface area contributed by atoms with Gasteiger partial charge in [0.25, 0.3) is 5.91 Å². The molecule has 1 aliphatic rings. The topological polar surface area (TPSA) is 61.6 Å². The number of hydrogen-bond donors (Lipinski definition) is 2. The summed E-state index contributed by atoms with van der Waals surface area (Å²) in [7, 11) is 2.08. The molecule has 2 rings (SSSR count). The summed E-state index contributed by atoms with van der Waals surface area (Å²) in [4.78, 5) is 14.6. The summed E-state index contributed by atoms with van der Waals surface area (Å²) in [5.74, 6) is -0.164. The number of nitrogens with zero attached hydrogens (tertiary/aromatic N) is 2. The zero-order valence-corrected chi connectivity index (χ0v) is 11.6. The van der Waals surface area contributed by atoms with Crippen LogP contribution in [0.2, 0.25) is 0 Å². The highest BCUT2D eigenvalue weighted by molar-refractivity contribution is 5.86. The molecule has 1 heterocycles. The predicted octanol–water partition coefficient (Wildman–Crippen LogP) is 0.139. The lowest BCUT2D eigenvalue weighted by Gasteiger charge is -2.35. The zero-order valence-electron chi connectivity index (χ0n) is 11.6. The highest BCUT2D eigenvalue weighted by Crippen LogP contribution is 2.17. The maximum Gasteiger partial charge on any atom is 0.258 e. The molecule has 19 heavy (non-hydrogen) atoms.